The molecule has 0 amide bonds. The van der Waals surface area contributed by atoms with Crippen LogP contribution < -0.4 is 4.74 Å². The van der Waals surface area contributed by atoms with Crippen LogP contribution in [0, 0.1) is 0 Å². The number of hydrogen-bond donors (Lipinski definition) is 1. The van der Waals surface area contributed by atoms with Gasteiger partial charge >= 0.3 is 6.18 Å². The lowest BCUT2D eigenvalue weighted by atomic mass is 10.1. The largest absolute Gasteiger partial charge is 0.484 e. The number of hydrogen-bond acceptors (Lipinski definition) is 2. The van der Waals surface area contributed by atoms with Crippen molar-refractivity contribution in [2.75, 3.05) is 6.61 Å². The summed E-state index contributed by atoms with van der Waals surface area (Å²) < 4.78 is 39.8. The van der Waals surface area contributed by atoms with E-state index in [2.05, 4.69) is 4.74 Å². The second kappa shape index (κ2) is 4.53. The van der Waals surface area contributed by atoms with Gasteiger partial charge in [-0.1, -0.05) is 12.1 Å². The van der Waals surface area contributed by atoms with Gasteiger partial charge in [-0.05, 0) is 24.6 Å². The fourth-order valence-electron chi connectivity index (χ4n) is 1.01. The van der Waals surface area contributed by atoms with Crippen molar-refractivity contribution in [3.8, 4) is 5.75 Å². The molecular weight excluding hydrogens is 209 g/mol. The van der Waals surface area contributed by atoms with E-state index in [-0.39, 0.29) is 5.75 Å². The van der Waals surface area contributed by atoms with Crippen molar-refractivity contribution in [3.05, 3.63) is 29.8 Å². The number of ether oxygens (including phenoxy) is 1. The molecule has 0 unspecified atom stereocenters. The summed E-state index contributed by atoms with van der Waals surface area (Å²) in [4.78, 5) is 0. The summed E-state index contributed by atoms with van der Waals surface area (Å²) in [6.07, 6.45) is -4.97. The van der Waals surface area contributed by atoms with Gasteiger partial charge in [0.15, 0.2) is 6.61 Å². The quantitative estimate of drug-likeness (QED) is 0.848. The van der Waals surface area contributed by atoms with Gasteiger partial charge in [0, 0.05) is 0 Å². The number of alkyl halides is 3. The van der Waals surface area contributed by atoms with Gasteiger partial charge < -0.3 is 9.84 Å². The molecule has 0 radical (unpaired) electrons. The Hall–Kier alpha value is -1.23. The molecule has 1 aromatic rings. The van der Waals surface area contributed by atoms with Crippen LogP contribution in [0.4, 0.5) is 13.2 Å². The highest BCUT2D eigenvalue weighted by atomic mass is 19.4. The molecule has 0 aliphatic carbocycles. The molecule has 84 valence electrons. The summed E-state index contributed by atoms with van der Waals surface area (Å²) in [5.41, 5.74) is 0.634. The Morgan fingerprint density at radius 1 is 1.27 bits per heavy atom. The molecule has 0 saturated carbocycles. The van der Waals surface area contributed by atoms with Crippen LogP contribution in [-0.2, 0) is 0 Å². The van der Waals surface area contributed by atoms with E-state index in [1.807, 2.05) is 0 Å². The monoisotopic (exact) mass is 220 g/mol. The molecule has 1 N–H and O–H groups in total. The third kappa shape index (κ3) is 4.20. The maximum atomic E-state index is 11.8. The standard InChI is InChI=1S/C10H11F3O2/c1-7(14)8-2-4-9(5-3-8)15-6-10(11,12)13/h2-5,7,14H,6H2,1H3/t7-/m0/s1. The molecule has 1 rings (SSSR count). The average Bonchev–Trinajstić information content (AvgIpc) is 2.14. The van der Waals surface area contributed by atoms with E-state index in [0.29, 0.717) is 5.56 Å². The fraction of sp³-hybridized carbons (Fsp3) is 0.400. The van der Waals surface area contributed by atoms with Crippen LogP contribution in [0.2, 0.25) is 0 Å². The molecule has 0 heterocycles. The van der Waals surface area contributed by atoms with Crippen LogP contribution in [0.15, 0.2) is 24.3 Å². The molecule has 0 aromatic heterocycles. The number of halogens is 3. The first-order valence-electron chi connectivity index (χ1n) is 4.36. The van der Waals surface area contributed by atoms with Gasteiger partial charge in [0.2, 0.25) is 0 Å². The van der Waals surface area contributed by atoms with E-state index in [9.17, 15) is 13.2 Å². The first kappa shape index (κ1) is 11.8. The van der Waals surface area contributed by atoms with Crippen LogP contribution in [0.25, 0.3) is 0 Å². The molecular formula is C10H11F3O2. The molecule has 0 aliphatic rings. The third-order valence-corrected chi connectivity index (χ3v) is 1.77. The topological polar surface area (TPSA) is 29.5 Å². The second-order valence-electron chi connectivity index (χ2n) is 3.15. The summed E-state index contributed by atoms with van der Waals surface area (Å²) in [7, 11) is 0. The molecule has 1 aromatic carbocycles. The van der Waals surface area contributed by atoms with Crippen molar-refractivity contribution in [1.29, 1.82) is 0 Å². The van der Waals surface area contributed by atoms with Gasteiger partial charge in [-0.3, -0.25) is 0 Å². The zero-order chi connectivity index (χ0) is 11.5. The maximum absolute atomic E-state index is 11.8. The van der Waals surface area contributed by atoms with Crippen molar-refractivity contribution in [3.63, 3.8) is 0 Å². The van der Waals surface area contributed by atoms with Crippen LogP contribution in [0.5, 0.6) is 5.75 Å². The van der Waals surface area contributed by atoms with Gasteiger partial charge in [-0.2, -0.15) is 13.2 Å². The highest BCUT2D eigenvalue weighted by Crippen LogP contribution is 2.20. The molecule has 5 heteroatoms. The second-order valence-corrected chi connectivity index (χ2v) is 3.15. The Labute approximate surface area is 85.3 Å². The maximum Gasteiger partial charge on any atom is 0.422 e. The van der Waals surface area contributed by atoms with Crippen molar-refractivity contribution in [1.82, 2.24) is 0 Å². The minimum Gasteiger partial charge on any atom is -0.484 e. The lowest BCUT2D eigenvalue weighted by molar-refractivity contribution is -0.153. The Kier molecular flexibility index (Phi) is 3.57. The SMILES string of the molecule is C[C@H](O)c1ccc(OCC(F)(F)F)cc1. The van der Waals surface area contributed by atoms with E-state index in [1.165, 1.54) is 24.3 Å². The summed E-state index contributed by atoms with van der Waals surface area (Å²) in [6, 6.07) is 5.84. The van der Waals surface area contributed by atoms with Gasteiger partial charge in [0.05, 0.1) is 6.10 Å². The predicted molar refractivity (Wildman–Crippen MR) is 48.6 cm³/mol. The lowest BCUT2D eigenvalue weighted by Crippen LogP contribution is -2.19. The minimum atomic E-state index is -4.33. The number of benzene rings is 1. The van der Waals surface area contributed by atoms with Crippen molar-refractivity contribution < 1.29 is 23.0 Å². The van der Waals surface area contributed by atoms with Gasteiger partial charge in [-0.25, -0.2) is 0 Å². The van der Waals surface area contributed by atoms with Crippen LogP contribution in [0.3, 0.4) is 0 Å². The molecule has 0 fully saturated rings. The molecule has 0 bridgehead atoms. The highest BCUT2D eigenvalue weighted by molar-refractivity contribution is 5.28. The van der Waals surface area contributed by atoms with Crippen molar-refractivity contribution in [2.24, 2.45) is 0 Å². The molecule has 1 atom stereocenters. The summed E-state index contributed by atoms with van der Waals surface area (Å²) in [6.45, 7) is 0.270. The van der Waals surface area contributed by atoms with E-state index in [1.54, 1.807) is 6.92 Å². The first-order chi connectivity index (χ1) is 6.88. The molecule has 0 aliphatic heterocycles. The fourth-order valence-corrected chi connectivity index (χ4v) is 1.01. The zero-order valence-electron chi connectivity index (χ0n) is 8.08. The van der Waals surface area contributed by atoms with Crippen LogP contribution >= 0.6 is 0 Å². The molecule has 0 spiro atoms. The van der Waals surface area contributed by atoms with Crippen molar-refractivity contribution in [2.45, 2.75) is 19.2 Å². The smallest absolute Gasteiger partial charge is 0.422 e. The average molecular weight is 220 g/mol. The Bertz CT molecular complexity index is 303. The van der Waals surface area contributed by atoms with Gasteiger partial charge in [-0.15, -0.1) is 0 Å². The normalized spacial score (nSPS) is 13.7. The number of aliphatic hydroxyl groups is 1. The number of rotatable bonds is 3. The van der Waals surface area contributed by atoms with E-state index in [0.717, 1.165) is 0 Å². The number of aliphatic hydroxyl groups excluding tert-OH is 1. The zero-order valence-corrected chi connectivity index (χ0v) is 8.08. The molecule has 2 nitrogen and oxygen atoms in total. The first-order valence-corrected chi connectivity index (χ1v) is 4.36. The Morgan fingerprint density at radius 2 is 1.80 bits per heavy atom. The van der Waals surface area contributed by atoms with E-state index >= 15 is 0 Å². The molecule has 15 heavy (non-hydrogen) atoms. The summed E-state index contributed by atoms with van der Waals surface area (Å²) >= 11 is 0. The predicted octanol–water partition coefficient (Wildman–Crippen LogP) is 2.68. The van der Waals surface area contributed by atoms with Gasteiger partial charge in [0.1, 0.15) is 5.75 Å². The minimum absolute atomic E-state index is 0.136. The lowest BCUT2D eigenvalue weighted by Gasteiger charge is -2.10. The third-order valence-electron chi connectivity index (χ3n) is 1.77. The Morgan fingerprint density at radius 3 is 2.20 bits per heavy atom. The molecule has 0 saturated heterocycles. The van der Waals surface area contributed by atoms with Crippen LogP contribution in [0.1, 0.15) is 18.6 Å². The van der Waals surface area contributed by atoms with Gasteiger partial charge in [0.25, 0.3) is 0 Å². The van der Waals surface area contributed by atoms with Crippen molar-refractivity contribution >= 4 is 0 Å². The van der Waals surface area contributed by atoms with E-state index < -0.39 is 18.9 Å². The summed E-state index contributed by atoms with van der Waals surface area (Å²) in [5.74, 6) is 0.136. The van der Waals surface area contributed by atoms with Crippen LogP contribution in [-0.4, -0.2) is 17.9 Å². The highest BCUT2D eigenvalue weighted by Gasteiger charge is 2.28. The Balaban J connectivity index is 2.57. The van der Waals surface area contributed by atoms with E-state index in [4.69, 9.17) is 5.11 Å². The summed E-state index contributed by atoms with van der Waals surface area (Å²) in [5, 5.41) is 9.15.